The van der Waals surface area contributed by atoms with E-state index in [0.717, 1.165) is 25.7 Å². The van der Waals surface area contributed by atoms with Crippen LogP contribution in [-0.2, 0) is 0 Å². The summed E-state index contributed by atoms with van der Waals surface area (Å²) in [5, 5.41) is 12.7. The largest absolute Gasteiger partial charge is 0.367 e. The molecule has 1 saturated carbocycles. The Morgan fingerprint density at radius 1 is 1.53 bits per heavy atom. The molecule has 1 aromatic rings. The van der Waals surface area contributed by atoms with Gasteiger partial charge in [0.05, 0.1) is 6.07 Å². The van der Waals surface area contributed by atoms with Crippen LogP contribution in [0, 0.1) is 23.1 Å². The predicted octanol–water partition coefficient (Wildman–Crippen LogP) is 3.71. The molecule has 0 amide bonds. The third-order valence-corrected chi connectivity index (χ3v) is 3.31. The lowest BCUT2D eigenvalue weighted by molar-refractivity contribution is 0.471. The zero-order valence-corrected chi connectivity index (χ0v) is 10.0. The zero-order valence-electron chi connectivity index (χ0n) is 10.0. The standard InChI is InChI=1S/C14H17FN2/c1-2-8-14(10-16,11-6-7-11)17-13-5-3-4-12(15)9-13/h3-5,9,11,17H,2,6-8H2,1H3. The summed E-state index contributed by atoms with van der Waals surface area (Å²) >= 11 is 0. The monoisotopic (exact) mass is 232 g/mol. The van der Waals surface area contributed by atoms with Crippen molar-refractivity contribution >= 4 is 5.69 Å². The fraction of sp³-hybridized carbons (Fsp3) is 0.500. The topological polar surface area (TPSA) is 35.8 Å². The summed E-state index contributed by atoms with van der Waals surface area (Å²) in [4.78, 5) is 0. The summed E-state index contributed by atoms with van der Waals surface area (Å²) in [5.74, 6) is 0.143. The Labute approximate surface area is 101 Å². The van der Waals surface area contributed by atoms with Crippen molar-refractivity contribution in [2.45, 2.75) is 38.1 Å². The second kappa shape index (κ2) is 4.75. The molecular weight excluding hydrogens is 215 g/mol. The number of benzene rings is 1. The van der Waals surface area contributed by atoms with Crippen LogP contribution in [0.2, 0.25) is 0 Å². The van der Waals surface area contributed by atoms with Crippen LogP contribution in [0.3, 0.4) is 0 Å². The van der Waals surface area contributed by atoms with Gasteiger partial charge in [-0.15, -0.1) is 0 Å². The van der Waals surface area contributed by atoms with Crippen molar-refractivity contribution in [2.24, 2.45) is 5.92 Å². The zero-order chi connectivity index (χ0) is 12.3. The first-order chi connectivity index (χ1) is 8.20. The summed E-state index contributed by atoms with van der Waals surface area (Å²) < 4.78 is 13.1. The average Bonchev–Trinajstić information content (AvgIpc) is 3.12. The molecule has 17 heavy (non-hydrogen) atoms. The first-order valence-electron chi connectivity index (χ1n) is 6.15. The number of anilines is 1. The molecule has 1 aromatic carbocycles. The van der Waals surface area contributed by atoms with E-state index in [0.29, 0.717) is 11.6 Å². The highest BCUT2D eigenvalue weighted by molar-refractivity contribution is 5.48. The van der Waals surface area contributed by atoms with Gasteiger partial charge in [0.15, 0.2) is 0 Å². The molecule has 0 aromatic heterocycles. The maximum Gasteiger partial charge on any atom is 0.128 e. The van der Waals surface area contributed by atoms with E-state index < -0.39 is 5.54 Å². The van der Waals surface area contributed by atoms with Crippen LogP contribution in [0.15, 0.2) is 24.3 Å². The van der Waals surface area contributed by atoms with Crippen molar-refractivity contribution in [1.82, 2.24) is 0 Å². The summed E-state index contributed by atoms with van der Waals surface area (Å²) in [6.45, 7) is 2.07. The van der Waals surface area contributed by atoms with Gasteiger partial charge in [0.1, 0.15) is 11.4 Å². The van der Waals surface area contributed by atoms with E-state index >= 15 is 0 Å². The van der Waals surface area contributed by atoms with E-state index in [1.807, 2.05) is 6.07 Å². The number of halogens is 1. The molecule has 2 nitrogen and oxygen atoms in total. The van der Waals surface area contributed by atoms with Gasteiger partial charge < -0.3 is 5.32 Å². The summed E-state index contributed by atoms with van der Waals surface area (Å²) in [7, 11) is 0. The summed E-state index contributed by atoms with van der Waals surface area (Å²) in [6, 6.07) is 8.75. The average molecular weight is 232 g/mol. The van der Waals surface area contributed by atoms with Gasteiger partial charge in [0.25, 0.3) is 0 Å². The molecule has 0 bridgehead atoms. The number of rotatable bonds is 5. The molecule has 0 radical (unpaired) electrons. The van der Waals surface area contributed by atoms with Crippen LogP contribution in [0.1, 0.15) is 32.6 Å². The van der Waals surface area contributed by atoms with Crippen molar-refractivity contribution in [3.8, 4) is 6.07 Å². The van der Waals surface area contributed by atoms with Gasteiger partial charge >= 0.3 is 0 Å². The third-order valence-electron chi connectivity index (χ3n) is 3.31. The minimum Gasteiger partial charge on any atom is -0.367 e. The number of hydrogen-bond acceptors (Lipinski definition) is 2. The van der Waals surface area contributed by atoms with Gasteiger partial charge in [0.2, 0.25) is 0 Å². The molecule has 1 aliphatic rings. The van der Waals surface area contributed by atoms with E-state index in [-0.39, 0.29) is 5.82 Å². The second-order valence-corrected chi connectivity index (χ2v) is 4.74. The number of nitrogens with zero attached hydrogens (tertiary/aromatic N) is 1. The van der Waals surface area contributed by atoms with Crippen LogP contribution in [0.25, 0.3) is 0 Å². The lowest BCUT2D eigenvalue weighted by Gasteiger charge is -2.28. The molecule has 3 heteroatoms. The summed E-state index contributed by atoms with van der Waals surface area (Å²) in [5.41, 5.74) is 0.189. The van der Waals surface area contributed by atoms with E-state index in [1.54, 1.807) is 6.07 Å². The molecule has 2 rings (SSSR count). The van der Waals surface area contributed by atoms with E-state index in [9.17, 15) is 9.65 Å². The minimum absolute atomic E-state index is 0.269. The van der Waals surface area contributed by atoms with Crippen LogP contribution in [-0.4, -0.2) is 5.54 Å². The molecule has 1 aliphatic carbocycles. The quantitative estimate of drug-likeness (QED) is 0.840. The highest BCUT2D eigenvalue weighted by atomic mass is 19.1. The van der Waals surface area contributed by atoms with Crippen LogP contribution in [0.5, 0.6) is 0 Å². The van der Waals surface area contributed by atoms with E-state index in [2.05, 4.69) is 18.3 Å². The molecule has 1 N–H and O–H groups in total. The molecule has 0 saturated heterocycles. The first kappa shape index (κ1) is 11.9. The molecular formula is C14H17FN2. The Morgan fingerprint density at radius 2 is 2.29 bits per heavy atom. The Morgan fingerprint density at radius 3 is 2.82 bits per heavy atom. The van der Waals surface area contributed by atoms with Crippen molar-refractivity contribution in [2.75, 3.05) is 5.32 Å². The fourth-order valence-electron chi connectivity index (χ4n) is 2.34. The normalized spacial score (nSPS) is 18.2. The molecule has 0 heterocycles. The van der Waals surface area contributed by atoms with Crippen LogP contribution < -0.4 is 5.32 Å². The molecule has 0 aliphatic heterocycles. The van der Waals surface area contributed by atoms with Crippen molar-refractivity contribution in [3.05, 3.63) is 30.1 Å². The highest BCUT2D eigenvalue weighted by Crippen LogP contribution is 2.43. The van der Waals surface area contributed by atoms with E-state index in [4.69, 9.17) is 0 Å². The Hall–Kier alpha value is -1.56. The predicted molar refractivity (Wildman–Crippen MR) is 66.0 cm³/mol. The van der Waals surface area contributed by atoms with Gasteiger partial charge in [-0.2, -0.15) is 5.26 Å². The molecule has 0 spiro atoms. The highest BCUT2D eigenvalue weighted by Gasteiger charge is 2.45. The Kier molecular flexibility index (Phi) is 3.33. The SMILES string of the molecule is CCCC(C#N)(Nc1cccc(F)c1)C1CC1. The molecule has 1 unspecified atom stereocenters. The van der Waals surface area contributed by atoms with Gasteiger partial charge in [-0.1, -0.05) is 19.4 Å². The van der Waals surface area contributed by atoms with E-state index in [1.165, 1.54) is 12.1 Å². The molecule has 90 valence electrons. The number of nitrogens with one attached hydrogen (secondary N) is 1. The second-order valence-electron chi connectivity index (χ2n) is 4.74. The lowest BCUT2D eigenvalue weighted by atomic mass is 9.89. The molecule has 1 fully saturated rings. The van der Waals surface area contributed by atoms with Crippen LogP contribution >= 0.6 is 0 Å². The van der Waals surface area contributed by atoms with Crippen molar-refractivity contribution in [3.63, 3.8) is 0 Å². The van der Waals surface area contributed by atoms with Gasteiger partial charge in [-0.3, -0.25) is 0 Å². The number of nitriles is 1. The van der Waals surface area contributed by atoms with Crippen molar-refractivity contribution in [1.29, 1.82) is 5.26 Å². The van der Waals surface area contributed by atoms with Crippen LogP contribution in [0.4, 0.5) is 10.1 Å². The van der Waals surface area contributed by atoms with Gasteiger partial charge in [-0.05, 0) is 43.4 Å². The number of hydrogen-bond donors (Lipinski definition) is 1. The summed E-state index contributed by atoms with van der Waals surface area (Å²) in [6.07, 6.45) is 3.95. The van der Waals surface area contributed by atoms with Gasteiger partial charge in [0, 0.05) is 5.69 Å². The van der Waals surface area contributed by atoms with Crippen molar-refractivity contribution < 1.29 is 4.39 Å². The maximum atomic E-state index is 13.1. The van der Waals surface area contributed by atoms with Gasteiger partial charge in [-0.25, -0.2) is 4.39 Å². The maximum absolute atomic E-state index is 13.1. The third kappa shape index (κ3) is 2.58. The molecule has 1 atom stereocenters. The smallest absolute Gasteiger partial charge is 0.128 e. The Balaban J connectivity index is 2.20. The lowest BCUT2D eigenvalue weighted by Crippen LogP contribution is -2.39. The minimum atomic E-state index is -0.511. The fourth-order valence-corrected chi connectivity index (χ4v) is 2.34. The first-order valence-corrected chi connectivity index (χ1v) is 6.15. The Bertz CT molecular complexity index is 434.